The molecule has 22 heavy (non-hydrogen) atoms. The number of carbonyl (C=O) groups is 4. The second-order valence-corrected chi connectivity index (χ2v) is 4.36. The lowest BCUT2D eigenvalue weighted by Gasteiger charge is -2.15. The molecule has 9 nitrogen and oxygen atoms in total. The molecule has 0 heterocycles. The van der Waals surface area contributed by atoms with Crippen LogP contribution in [0.2, 0.25) is 0 Å². The highest BCUT2D eigenvalue weighted by atomic mass is 16.5. The molecular weight excluding hydrogens is 294 g/mol. The van der Waals surface area contributed by atoms with Crippen LogP contribution in [0.1, 0.15) is 33.6 Å². The maximum Gasteiger partial charge on any atom is 0.341 e. The zero-order valence-electron chi connectivity index (χ0n) is 11.4. The quantitative estimate of drug-likeness (QED) is 0.378. The van der Waals surface area contributed by atoms with Crippen molar-refractivity contribution in [2.24, 2.45) is 11.5 Å². The number of primary amides is 2. The topological polar surface area (TPSA) is 176 Å². The number of nitrogens with two attached hydrogens (primary N) is 3. The fourth-order valence-corrected chi connectivity index (χ4v) is 1.71. The average Bonchev–Trinajstić information content (AvgIpc) is 2.42. The molecule has 1 rings (SSSR count). The third kappa shape index (κ3) is 4.20. The summed E-state index contributed by atoms with van der Waals surface area (Å²) >= 11 is 0. The van der Waals surface area contributed by atoms with Crippen molar-refractivity contribution in [3.63, 3.8) is 0 Å². The second kappa shape index (κ2) is 7.07. The monoisotopic (exact) mass is 309 g/mol. The van der Waals surface area contributed by atoms with Gasteiger partial charge in [-0.1, -0.05) is 6.07 Å². The Kier molecular flexibility index (Phi) is 5.44. The molecule has 0 aliphatic rings. The first-order valence-corrected chi connectivity index (χ1v) is 6.14. The first-order valence-electron chi connectivity index (χ1n) is 6.14. The summed E-state index contributed by atoms with van der Waals surface area (Å²) in [6.07, 6.45) is -2.17. The summed E-state index contributed by atoms with van der Waals surface area (Å²) in [6.45, 7) is 0. The van der Waals surface area contributed by atoms with Crippen LogP contribution in [-0.2, 0) is 14.3 Å². The predicted molar refractivity (Wildman–Crippen MR) is 74.6 cm³/mol. The van der Waals surface area contributed by atoms with Gasteiger partial charge in [-0.2, -0.15) is 0 Å². The van der Waals surface area contributed by atoms with Gasteiger partial charge in [0.2, 0.25) is 5.91 Å². The molecule has 1 atom stereocenters. The van der Waals surface area contributed by atoms with Crippen molar-refractivity contribution in [2.75, 3.05) is 5.73 Å². The zero-order valence-corrected chi connectivity index (χ0v) is 11.4. The van der Waals surface area contributed by atoms with Gasteiger partial charge in [0.15, 0.2) is 6.10 Å². The first-order chi connectivity index (χ1) is 10.2. The molecule has 0 aromatic heterocycles. The minimum Gasteiger partial charge on any atom is -0.481 e. The largest absolute Gasteiger partial charge is 0.481 e. The van der Waals surface area contributed by atoms with E-state index in [1.165, 1.54) is 18.2 Å². The van der Waals surface area contributed by atoms with Crippen LogP contribution < -0.4 is 17.2 Å². The number of carboxylic acids is 1. The molecule has 0 spiro atoms. The maximum absolute atomic E-state index is 12.1. The van der Waals surface area contributed by atoms with Crippen molar-refractivity contribution < 1.29 is 29.0 Å². The van der Waals surface area contributed by atoms with Gasteiger partial charge in [-0.25, -0.2) is 4.79 Å². The van der Waals surface area contributed by atoms with Gasteiger partial charge < -0.3 is 27.0 Å². The number of ether oxygens (including phenoxy) is 1. The minimum atomic E-state index is -1.45. The third-order valence-corrected chi connectivity index (χ3v) is 2.75. The van der Waals surface area contributed by atoms with E-state index < -0.39 is 36.3 Å². The number of rotatable bonds is 7. The summed E-state index contributed by atoms with van der Waals surface area (Å²) in [5.41, 5.74) is 15.3. The number of carboxylic acid groups (broad SMARTS) is 1. The Hall–Kier alpha value is -3.10. The minimum absolute atomic E-state index is 0.0669. The molecule has 0 aliphatic carbocycles. The number of carbonyl (C=O) groups excluding carboxylic acids is 3. The van der Waals surface area contributed by atoms with Crippen LogP contribution in [0.4, 0.5) is 5.69 Å². The highest BCUT2D eigenvalue weighted by Gasteiger charge is 2.26. The van der Waals surface area contributed by atoms with Crippen LogP contribution in [0.5, 0.6) is 0 Å². The lowest BCUT2D eigenvalue weighted by molar-refractivity contribution is -0.138. The Bertz CT molecular complexity index is 628. The Balaban J connectivity index is 3.02. The van der Waals surface area contributed by atoms with Crippen molar-refractivity contribution in [3.8, 4) is 0 Å². The molecule has 0 saturated heterocycles. The summed E-state index contributed by atoms with van der Waals surface area (Å²) in [7, 11) is 0. The van der Waals surface area contributed by atoms with Gasteiger partial charge in [0, 0.05) is 18.5 Å². The lowest BCUT2D eigenvalue weighted by atomic mass is 10.0. The van der Waals surface area contributed by atoms with Crippen LogP contribution in [0.3, 0.4) is 0 Å². The van der Waals surface area contributed by atoms with E-state index in [-0.39, 0.29) is 23.2 Å². The first kappa shape index (κ1) is 17.0. The second-order valence-electron chi connectivity index (χ2n) is 4.36. The molecule has 1 unspecified atom stereocenters. The van der Waals surface area contributed by atoms with E-state index in [0.717, 1.165) is 0 Å². The lowest BCUT2D eigenvalue weighted by Crippen LogP contribution is -2.34. The van der Waals surface area contributed by atoms with Crippen LogP contribution >= 0.6 is 0 Å². The van der Waals surface area contributed by atoms with E-state index >= 15 is 0 Å². The zero-order chi connectivity index (χ0) is 16.9. The van der Waals surface area contributed by atoms with Crippen LogP contribution in [0, 0.1) is 0 Å². The molecular formula is C13H15N3O6. The smallest absolute Gasteiger partial charge is 0.341 e. The van der Waals surface area contributed by atoms with Crippen molar-refractivity contribution in [3.05, 3.63) is 29.3 Å². The molecule has 0 bridgehead atoms. The van der Waals surface area contributed by atoms with E-state index in [0.29, 0.717) is 0 Å². The summed E-state index contributed by atoms with van der Waals surface area (Å²) in [5.74, 6) is -4.18. The van der Waals surface area contributed by atoms with Gasteiger partial charge in [0.25, 0.3) is 5.91 Å². The molecule has 1 aromatic carbocycles. The number of esters is 1. The van der Waals surface area contributed by atoms with E-state index in [4.69, 9.17) is 27.0 Å². The number of anilines is 1. The highest BCUT2D eigenvalue weighted by molar-refractivity contribution is 6.08. The Labute approximate surface area is 125 Å². The molecule has 0 fully saturated rings. The number of aliphatic carboxylic acids is 1. The van der Waals surface area contributed by atoms with Crippen molar-refractivity contribution in [1.29, 1.82) is 0 Å². The van der Waals surface area contributed by atoms with Gasteiger partial charge in [-0.05, 0) is 12.1 Å². The number of hydrogen-bond acceptors (Lipinski definition) is 6. The normalized spacial score (nSPS) is 11.5. The summed E-state index contributed by atoms with van der Waals surface area (Å²) < 4.78 is 4.86. The summed E-state index contributed by atoms with van der Waals surface area (Å²) in [4.78, 5) is 45.1. The Morgan fingerprint density at radius 1 is 1.18 bits per heavy atom. The van der Waals surface area contributed by atoms with Gasteiger partial charge in [-0.15, -0.1) is 0 Å². The Morgan fingerprint density at radius 3 is 2.32 bits per heavy atom. The number of benzene rings is 1. The Morgan fingerprint density at radius 2 is 1.82 bits per heavy atom. The maximum atomic E-state index is 12.1. The molecule has 0 radical (unpaired) electrons. The highest BCUT2D eigenvalue weighted by Crippen LogP contribution is 2.19. The van der Waals surface area contributed by atoms with Gasteiger partial charge >= 0.3 is 11.9 Å². The molecule has 0 saturated carbocycles. The molecule has 9 heteroatoms. The van der Waals surface area contributed by atoms with Crippen LogP contribution in [0.15, 0.2) is 18.2 Å². The fourth-order valence-electron chi connectivity index (χ4n) is 1.71. The average molecular weight is 309 g/mol. The number of nitrogen functional groups attached to an aromatic ring is 1. The number of amides is 2. The SMILES string of the molecule is NC(=O)c1cccc(N)c1C(=O)OC(CCC(=O)O)C(N)=O. The molecule has 118 valence electrons. The fraction of sp³-hybridized carbons (Fsp3) is 0.231. The molecule has 7 N–H and O–H groups in total. The summed E-state index contributed by atoms with van der Waals surface area (Å²) in [6, 6.07) is 4.04. The van der Waals surface area contributed by atoms with E-state index in [1.54, 1.807) is 0 Å². The molecule has 0 aliphatic heterocycles. The van der Waals surface area contributed by atoms with Gasteiger partial charge in [0.05, 0.1) is 11.1 Å². The van der Waals surface area contributed by atoms with Crippen molar-refractivity contribution in [1.82, 2.24) is 0 Å². The van der Waals surface area contributed by atoms with Crippen LogP contribution in [-0.4, -0.2) is 35.0 Å². The van der Waals surface area contributed by atoms with Gasteiger partial charge in [0.1, 0.15) is 0 Å². The van der Waals surface area contributed by atoms with E-state index in [9.17, 15) is 19.2 Å². The predicted octanol–water partition coefficient (Wildman–Crippen LogP) is -0.757. The van der Waals surface area contributed by atoms with Crippen molar-refractivity contribution in [2.45, 2.75) is 18.9 Å². The molecule has 2 amide bonds. The standard InChI is InChI=1S/C13H15N3O6/c14-7-3-1-2-6(11(15)19)10(7)13(21)22-8(12(16)20)4-5-9(17)18/h1-3,8H,4-5,14H2,(H2,15,19)(H2,16,20)(H,17,18). The summed E-state index contributed by atoms with van der Waals surface area (Å²) in [5, 5.41) is 8.58. The van der Waals surface area contributed by atoms with Crippen LogP contribution in [0.25, 0.3) is 0 Å². The van der Waals surface area contributed by atoms with E-state index in [1.807, 2.05) is 0 Å². The third-order valence-electron chi connectivity index (χ3n) is 2.75. The van der Waals surface area contributed by atoms with E-state index in [2.05, 4.69) is 0 Å². The molecule has 1 aromatic rings. The van der Waals surface area contributed by atoms with Crippen molar-refractivity contribution >= 4 is 29.4 Å². The number of hydrogen-bond donors (Lipinski definition) is 4. The van der Waals surface area contributed by atoms with Gasteiger partial charge in [-0.3, -0.25) is 14.4 Å².